The van der Waals surface area contributed by atoms with Crippen molar-refractivity contribution in [2.45, 2.75) is 26.7 Å². The van der Waals surface area contributed by atoms with Gasteiger partial charge in [-0.25, -0.2) is 4.98 Å². The van der Waals surface area contributed by atoms with Crippen LogP contribution >= 0.6 is 11.6 Å². The molecule has 1 aliphatic heterocycles. The highest BCUT2D eigenvalue weighted by atomic mass is 35.5. The highest BCUT2D eigenvalue weighted by Gasteiger charge is 2.28. The van der Waals surface area contributed by atoms with Crippen LogP contribution in [0.5, 0.6) is 0 Å². The van der Waals surface area contributed by atoms with E-state index in [0.29, 0.717) is 11.9 Å². The van der Waals surface area contributed by atoms with Gasteiger partial charge in [-0.15, -0.1) is 0 Å². The van der Waals surface area contributed by atoms with Crippen molar-refractivity contribution in [3.63, 3.8) is 0 Å². The predicted molar refractivity (Wildman–Crippen MR) is 75.0 cm³/mol. The summed E-state index contributed by atoms with van der Waals surface area (Å²) in [6, 6.07) is 0. The molecule has 1 saturated heterocycles. The Bertz CT molecular complexity index is 596. The van der Waals surface area contributed by atoms with Crippen molar-refractivity contribution in [1.29, 1.82) is 0 Å². The number of piperidine rings is 1. The number of aromatic nitrogens is 6. The summed E-state index contributed by atoms with van der Waals surface area (Å²) in [5.41, 5.74) is 0.255. The lowest BCUT2D eigenvalue weighted by atomic mass is 9.84. The van der Waals surface area contributed by atoms with Crippen molar-refractivity contribution < 1.29 is 0 Å². The molecule has 106 valence electrons. The Morgan fingerprint density at radius 3 is 2.70 bits per heavy atom. The molecule has 0 amide bonds. The third kappa shape index (κ3) is 2.72. The normalized spacial score (nSPS) is 18.2. The van der Waals surface area contributed by atoms with E-state index < -0.39 is 0 Å². The zero-order chi connectivity index (χ0) is 14.2. The standard InChI is InChI=1S/C12H16ClN7/c1-12(2)4-3-5-19(6-12)10-16-9(13)17-11(18-10)20-8-14-7-15-20/h7-8H,3-6H2,1-2H3. The minimum atomic E-state index is 0.170. The first-order chi connectivity index (χ1) is 9.53. The third-order valence-corrected chi connectivity index (χ3v) is 3.56. The molecule has 0 unspecified atom stereocenters. The minimum Gasteiger partial charge on any atom is -0.340 e. The van der Waals surface area contributed by atoms with Gasteiger partial charge in [0.15, 0.2) is 0 Å². The molecule has 3 heterocycles. The van der Waals surface area contributed by atoms with Crippen molar-refractivity contribution in [3.8, 4) is 5.95 Å². The molecule has 2 aromatic rings. The Morgan fingerprint density at radius 2 is 2.00 bits per heavy atom. The molecule has 0 aromatic carbocycles. The highest BCUT2D eigenvalue weighted by Crippen LogP contribution is 2.30. The molecule has 0 bridgehead atoms. The first-order valence-electron chi connectivity index (χ1n) is 6.55. The molecule has 3 rings (SSSR count). The summed E-state index contributed by atoms with van der Waals surface area (Å²) >= 11 is 6.01. The molecular weight excluding hydrogens is 278 g/mol. The smallest absolute Gasteiger partial charge is 0.258 e. The fraction of sp³-hybridized carbons (Fsp3) is 0.583. The number of hydrogen-bond acceptors (Lipinski definition) is 6. The number of rotatable bonds is 2. The predicted octanol–water partition coefficient (Wildman–Crippen LogP) is 1.73. The van der Waals surface area contributed by atoms with Crippen LogP contribution < -0.4 is 4.90 Å². The monoisotopic (exact) mass is 293 g/mol. The van der Waals surface area contributed by atoms with Crippen molar-refractivity contribution in [1.82, 2.24) is 29.7 Å². The molecule has 0 radical (unpaired) electrons. The van der Waals surface area contributed by atoms with Crippen molar-refractivity contribution in [2.24, 2.45) is 5.41 Å². The Morgan fingerprint density at radius 1 is 1.20 bits per heavy atom. The molecule has 0 N–H and O–H groups in total. The molecule has 8 heteroatoms. The van der Waals surface area contributed by atoms with Gasteiger partial charge in [-0.3, -0.25) is 0 Å². The number of nitrogens with zero attached hydrogens (tertiary/aromatic N) is 7. The van der Waals surface area contributed by atoms with Crippen LogP contribution in [0.15, 0.2) is 12.7 Å². The second kappa shape index (κ2) is 4.97. The lowest BCUT2D eigenvalue weighted by Crippen LogP contribution is -2.41. The summed E-state index contributed by atoms with van der Waals surface area (Å²) in [5, 5.41) is 4.19. The molecule has 1 fully saturated rings. The van der Waals surface area contributed by atoms with E-state index in [1.54, 1.807) is 0 Å². The zero-order valence-corrected chi connectivity index (χ0v) is 12.2. The summed E-state index contributed by atoms with van der Waals surface area (Å²) in [6.07, 6.45) is 5.30. The van der Waals surface area contributed by atoms with E-state index in [4.69, 9.17) is 11.6 Å². The summed E-state index contributed by atoms with van der Waals surface area (Å²) in [4.78, 5) is 18.8. The molecular formula is C12H16ClN7. The summed E-state index contributed by atoms with van der Waals surface area (Å²) < 4.78 is 1.48. The van der Waals surface area contributed by atoms with E-state index in [-0.39, 0.29) is 10.7 Å². The van der Waals surface area contributed by atoms with Gasteiger partial charge in [-0.2, -0.15) is 24.7 Å². The third-order valence-electron chi connectivity index (χ3n) is 3.39. The second-order valence-electron chi connectivity index (χ2n) is 5.73. The fourth-order valence-electron chi connectivity index (χ4n) is 2.48. The van der Waals surface area contributed by atoms with Gasteiger partial charge < -0.3 is 4.90 Å². The summed E-state index contributed by atoms with van der Waals surface area (Å²) in [7, 11) is 0. The average Bonchev–Trinajstić information content (AvgIpc) is 2.90. The van der Waals surface area contributed by atoms with Crippen molar-refractivity contribution in [2.75, 3.05) is 18.0 Å². The summed E-state index contributed by atoms with van der Waals surface area (Å²) in [6.45, 7) is 6.34. The average molecular weight is 294 g/mol. The van der Waals surface area contributed by atoms with Gasteiger partial charge in [0.2, 0.25) is 11.2 Å². The number of anilines is 1. The molecule has 0 spiro atoms. The van der Waals surface area contributed by atoms with E-state index in [9.17, 15) is 0 Å². The van der Waals surface area contributed by atoms with E-state index in [1.807, 2.05) is 0 Å². The van der Waals surface area contributed by atoms with E-state index >= 15 is 0 Å². The maximum atomic E-state index is 6.01. The van der Waals surface area contributed by atoms with Crippen LogP contribution in [-0.2, 0) is 0 Å². The van der Waals surface area contributed by atoms with Crippen LogP contribution in [0.25, 0.3) is 5.95 Å². The van der Waals surface area contributed by atoms with Gasteiger partial charge in [0.05, 0.1) is 0 Å². The van der Waals surface area contributed by atoms with Gasteiger partial charge in [0, 0.05) is 13.1 Å². The van der Waals surface area contributed by atoms with Crippen molar-refractivity contribution >= 4 is 17.5 Å². The Kier molecular flexibility index (Phi) is 3.29. The van der Waals surface area contributed by atoms with E-state index in [1.165, 1.54) is 23.8 Å². The lowest BCUT2D eigenvalue weighted by molar-refractivity contribution is 0.290. The van der Waals surface area contributed by atoms with Crippen LogP contribution in [0.3, 0.4) is 0 Å². The molecule has 20 heavy (non-hydrogen) atoms. The van der Waals surface area contributed by atoms with Crippen LogP contribution in [0, 0.1) is 5.41 Å². The molecule has 0 aliphatic carbocycles. The lowest BCUT2D eigenvalue weighted by Gasteiger charge is -2.37. The van der Waals surface area contributed by atoms with Gasteiger partial charge in [-0.1, -0.05) is 13.8 Å². The van der Waals surface area contributed by atoms with Crippen LogP contribution in [0.1, 0.15) is 26.7 Å². The Balaban J connectivity index is 1.94. The minimum absolute atomic E-state index is 0.170. The number of hydrogen-bond donors (Lipinski definition) is 0. The maximum absolute atomic E-state index is 6.01. The first kappa shape index (κ1) is 13.2. The molecule has 2 aromatic heterocycles. The topological polar surface area (TPSA) is 72.6 Å². The molecule has 7 nitrogen and oxygen atoms in total. The van der Waals surface area contributed by atoms with Gasteiger partial charge in [0.25, 0.3) is 5.95 Å². The van der Waals surface area contributed by atoms with Crippen LogP contribution in [0.2, 0.25) is 5.28 Å². The largest absolute Gasteiger partial charge is 0.340 e. The SMILES string of the molecule is CC1(C)CCCN(c2nc(Cl)nc(-n3cncn3)n2)C1. The Labute approximate surface area is 122 Å². The highest BCUT2D eigenvalue weighted by molar-refractivity contribution is 6.28. The molecule has 1 aliphatic rings. The van der Waals surface area contributed by atoms with E-state index in [0.717, 1.165) is 19.5 Å². The summed E-state index contributed by atoms with van der Waals surface area (Å²) in [5.74, 6) is 0.990. The first-order valence-corrected chi connectivity index (χ1v) is 6.93. The van der Waals surface area contributed by atoms with Gasteiger partial charge in [-0.05, 0) is 29.9 Å². The van der Waals surface area contributed by atoms with Crippen LogP contribution in [-0.4, -0.2) is 42.8 Å². The maximum Gasteiger partial charge on any atom is 0.258 e. The fourth-order valence-corrected chi connectivity index (χ4v) is 2.63. The van der Waals surface area contributed by atoms with Gasteiger partial charge >= 0.3 is 0 Å². The van der Waals surface area contributed by atoms with E-state index in [2.05, 4.69) is 43.8 Å². The molecule has 0 saturated carbocycles. The van der Waals surface area contributed by atoms with Gasteiger partial charge in [0.1, 0.15) is 12.7 Å². The zero-order valence-electron chi connectivity index (χ0n) is 11.5. The Hall–Kier alpha value is -1.76. The van der Waals surface area contributed by atoms with Crippen molar-refractivity contribution in [3.05, 3.63) is 17.9 Å². The quantitative estimate of drug-likeness (QED) is 0.839. The van der Waals surface area contributed by atoms with Crippen LogP contribution in [0.4, 0.5) is 5.95 Å². The molecule has 0 atom stereocenters. The number of halogens is 1. The second-order valence-corrected chi connectivity index (χ2v) is 6.07.